The molecule has 0 aliphatic rings. The third-order valence-electron chi connectivity index (χ3n) is 3.22. The van der Waals surface area contributed by atoms with Crippen LogP contribution in [0.2, 0.25) is 0 Å². The summed E-state index contributed by atoms with van der Waals surface area (Å²) < 4.78 is 0. The van der Waals surface area contributed by atoms with Crippen molar-refractivity contribution >= 4 is 0 Å². The van der Waals surface area contributed by atoms with Crippen LogP contribution in [0.4, 0.5) is 0 Å². The lowest BCUT2D eigenvalue weighted by Gasteiger charge is -2.25. The molecular formula is C15H26N2O. The van der Waals surface area contributed by atoms with Crippen LogP contribution in [-0.2, 0) is 13.1 Å². The van der Waals surface area contributed by atoms with Gasteiger partial charge in [-0.3, -0.25) is 4.90 Å². The fraction of sp³-hybridized carbons (Fsp3) is 0.600. The Labute approximate surface area is 111 Å². The van der Waals surface area contributed by atoms with E-state index in [0.29, 0.717) is 6.54 Å². The quantitative estimate of drug-likeness (QED) is 0.779. The molecule has 0 spiro atoms. The number of nitrogens with two attached hydrogens (primary N) is 1. The molecule has 0 bridgehead atoms. The van der Waals surface area contributed by atoms with E-state index >= 15 is 0 Å². The molecule has 0 radical (unpaired) electrons. The van der Waals surface area contributed by atoms with Crippen molar-refractivity contribution in [2.75, 3.05) is 13.1 Å². The molecule has 3 N–H and O–H groups in total. The number of nitrogens with zero attached hydrogens (tertiary/aromatic N) is 1. The molecule has 18 heavy (non-hydrogen) atoms. The summed E-state index contributed by atoms with van der Waals surface area (Å²) in [6.07, 6.45) is 0.783. The van der Waals surface area contributed by atoms with Crippen molar-refractivity contribution in [1.29, 1.82) is 0 Å². The predicted octanol–water partition coefficient (Wildman–Crippen LogP) is 2.13. The van der Waals surface area contributed by atoms with E-state index in [1.807, 2.05) is 19.9 Å². The van der Waals surface area contributed by atoms with Crippen LogP contribution in [0, 0.1) is 0 Å². The lowest BCUT2D eigenvalue weighted by atomic mass is 10.0. The van der Waals surface area contributed by atoms with Crippen molar-refractivity contribution < 1.29 is 5.11 Å². The van der Waals surface area contributed by atoms with Gasteiger partial charge >= 0.3 is 0 Å². The Balaban J connectivity index is 2.62. The lowest BCUT2D eigenvalue weighted by molar-refractivity contribution is 0.0573. The lowest BCUT2D eigenvalue weighted by Crippen LogP contribution is -2.31. The van der Waals surface area contributed by atoms with Crippen LogP contribution in [0.1, 0.15) is 38.3 Å². The Morgan fingerprint density at radius 2 is 1.83 bits per heavy atom. The highest BCUT2D eigenvalue weighted by Gasteiger charge is 2.15. The van der Waals surface area contributed by atoms with Gasteiger partial charge in [0.25, 0.3) is 0 Å². The van der Waals surface area contributed by atoms with Crippen molar-refractivity contribution in [2.24, 2.45) is 5.73 Å². The fourth-order valence-corrected chi connectivity index (χ4v) is 1.93. The molecule has 1 aromatic rings. The first-order valence-corrected chi connectivity index (χ1v) is 6.68. The molecule has 0 heterocycles. The van der Waals surface area contributed by atoms with E-state index in [-0.39, 0.29) is 0 Å². The molecule has 3 nitrogen and oxygen atoms in total. The summed E-state index contributed by atoms with van der Waals surface area (Å²) in [6.45, 7) is 9.23. The molecule has 0 aromatic heterocycles. The maximum Gasteiger partial charge on any atom is 0.0603 e. The first kappa shape index (κ1) is 15.2. The van der Waals surface area contributed by atoms with Gasteiger partial charge in [-0.2, -0.15) is 0 Å². The SMILES string of the molecule is CCN(CCC(C)(C)O)Cc1ccccc1CN. The highest BCUT2D eigenvalue weighted by Crippen LogP contribution is 2.14. The van der Waals surface area contributed by atoms with Crippen LogP contribution < -0.4 is 5.73 Å². The minimum Gasteiger partial charge on any atom is -0.390 e. The third kappa shape index (κ3) is 5.17. The topological polar surface area (TPSA) is 49.5 Å². The van der Waals surface area contributed by atoms with Crippen molar-refractivity contribution in [3.63, 3.8) is 0 Å². The van der Waals surface area contributed by atoms with Gasteiger partial charge in [0, 0.05) is 19.6 Å². The number of hydrogen-bond donors (Lipinski definition) is 2. The largest absolute Gasteiger partial charge is 0.390 e. The van der Waals surface area contributed by atoms with E-state index in [1.54, 1.807) is 0 Å². The molecule has 1 rings (SSSR count). The molecule has 3 heteroatoms. The van der Waals surface area contributed by atoms with Crippen LogP contribution >= 0.6 is 0 Å². The summed E-state index contributed by atoms with van der Waals surface area (Å²) >= 11 is 0. The normalized spacial score (nSPS) is 12.1. The Kier molecular flexibility index (Phi) is 5.79. The zero-order chi connectivity index (χ0) is 13.6. The Hall–Kier alpha value is -0.900. The van der Waals surface area contributed by atoms with Gasteiger partial charge in [0.15, 0.2) is 0 Å². The second kappa shape index (κ2) is 6.88. The van der Waals surface area contributed by atoms with Crippen molar-refractivity contribution in [3.8, 4) is 0 Å². The van der Waals surface area contributed by atoms with Gasteiger partial charge in [0.1, 0.15) is 0 Å². The maximum absolute atomic E-state index is 9.78. The average Bonchev–Trinajstić information content (AvgIpc) is 2.33. The van der Waals surface area contributed by atoms with E-state index in [9.17, 15) is 5.11 Å². The molecule has 0 unspecified atom stereocenters. The number of benzene rings is 1. The highest BCUT2D eigenvalue weighted by atomic mass is 16.3. The molecule has 0 aliphatic heterocycles. The zero-order valence-corrected chi connectivity index (χ0v) is 11.8. The van der Waals surface area contributed by atoms with E-state index in [0.717, 1.165) is 26.1 Å². The summed E-state index contributed by atoms with van der Waals surface area (Å²) in [4.78, 5) is 2.34. The second-order valence-electron chi connectivity index (χ2n) is 5.40. The smallest absolute Gasteiger partial charge is 0.0603 e. The van der Waals surface area contributed by atoms with E-state index < -0.39 is 5.60 Å². The average molecular weight is 250 g/mol. The van der Waals surface area contributed by atoms with E-state index in [4.69, 9.17) is 5.73 Å². The van der Waals surface area contributed by atoms with Crippen molar-refractivity contribution in [2.45, 2.75) is 45.9 Å². The Morgan fingerprint density at radius 1 is 1.22 bits per heavy atom. The second-order valence-corrected chi connectivity index (χ2v) is 5.40. The zero-order valence-electron chi connectivity index (χ0n) is 11.8. The van der Waals surface area contributed by atoms with Gasteiger partial charge in [0.05, 0.1) is 5.60 Å². The van der Waals surface area contributed by atoms with Crippen LogP contribution in [0.25, 0.3) is 0 Å². The van der Waals surface area contributed by atoms with Gasteiger partial charge in [0.2, 0.25) is 0 Å². The standard InChI is InChI=1S/C15H26N2O/c1-4-17(10-9-15(2,3)18)12-14-8-6-5-7-13(14)11-16/h5-8,18H,4,9-12,16H2,1-3H3. The maximum atomic E-state index is 9.78. The molecule has 1 aromatic carbocycles. The minimum atomic E-state index is -0.596. The molecule has 0 atom stereocenters. The number of hydrogen-bond acceptors (Lipinski definition) is 3. The van der Waals surface area contributed by atoms with Gasteiger partial charge in [-0.05, 0) is 37.9 Å². The van der Waals surface area contributed by atoms with Crippen LogP contribution in [0.5, 0.6) is 0 Å². The summed E-state index contributed by atoms with van der Waals surface area (Å²) in [6, 6.07) is 8.30. The molecule has 0 amide bonds. The van der Waals surface area contributed by atoms with Crippen LogP contribution in [0.15, 0.2) is 24.3 Å². The van der Waals surface area contributed by atoms with E-state index in [2.05, 4.69) is 30.0 Å². The van der Waals surface area contributed by atoms with Gasteiger partial charge in [-0.25, -0.2) is 0 Å². The molecule has 102 valence electrons. The number of rotatable bonds is 7. The summed E-state index contributed by atoms with van der Waals surface area (Å²) in [5, 5.41) is 9.78. The number of aliphatic hydroxyl groups is 1. The van der Waals surface area contributed by atoms with Gasteiger partial charge in [-0.15, -0.1) is 0 Å². The summed E-state index contributed by atoms with van der Waals surface area (Å²) in [5.74, 6) is 0. The van der Waals surface area contributed by atoms with Crippen LogP contribution in [-0.4, -0.2) is 28.7 Å². The molecule has 0 aliphatic carbocycles. The molecular weight excluding hydrogens is 224 g/mol. The predicted molar refractivity (Wildman–Crippen MR) is 76.2 cm³/mol. The Bertz CT molecular complexity index is 358. The third-order valence-corrected chi connectivity index (χ3v) is 3.22. The first-order valence-electron chi connectivity index (χ1n) is 6.68. The summed E-state index contributed by atoms with van der Waals surface area (Å²) in [7, 11) is 0. The Morgan fingerprint density at radius 3 is 2.33 bits per heavy atom. The molecule has 0 fully saturated rings. The molecule has 0 saturated carbocycles. The fourth-order valence-electron chi connectivity index (χ4n) is 1.93. The van der Waals surface area contributed by atoms with Gasteiger partial charge < -0.3 is 10.8 Å². The van der Waals surface area contributed by atoms with Gasteiger partial charge in [-0.1, -0.05) is 31.2 Å². The minimum absolute atomic E-state index is 0.583. The van der Waals surface area contributed by atoms with E-state index in [1.165, 1.54) is 11.1 Å². The van der Waals surface area contributed by atoms with Crippen LogP contribution in [0.3, 0.4) is 0 Å². The van der Waals surface area contributed by atoms with Crippen molar-refractivity contribution in [1.82, 2.24) is 4.90 Å². The summed E-state index contributed by atoms with van der Waals surface area (Å²) in [5.41, 5.74) is 7.65. The molecule has 0 saturated heterocycles. The monoisotopic (exact) mass is 250 g/mol. The van der Waals surface area contributed by atoms with Crippen molar-refractivity contribution in [3.05, 3.63) is 35.4 Å². The highest BCUT2D eigenvalue weighted by molar-refractivity contribution is 5.26. The first-order chi connectivity index (χ1) is 8.46.